The number of hydrogen-bond donors (Lipinski definition) is 0. The van der Waals surface area contributed by atoms with Crippen molar-refractivity contribution < 1.29 is 0 Å². The van der Waals surface area contributed by atoms with Crippen molar-refractivity contribution in [2.24, 2.45) is 0 Å². The molecule has 8 aromatic carbocycles. The summed E-state index contributed by atoms with van der Waals surface area (Å²) in [5, 5.41) is 4.70. The minimum Gasteiger partial charge on any atom is -0.309 e. The molecule has 11 rings (SSSR count). The van der Waals surface area contributed by atoms with Crippen molar-refractivity contribution >= 4 is 43.6 Å². The molecule has 3 heterocycles. The largest absolute Gasteiger partial charge is 0.309 e. The molecule has 11 aromatic rings. The molecule has 0 saturated carbocycles. The van der Waals surface area contributed by atoms with Crippen LogP contribution < -0.4 is 0 Å². The van der Waals surface area contributed by atoms with E-state index in [9.17, 15) is 0 Å². The van der Waals surface area contributed by atoms with Crippen LogP contribution in [0, 0.1) is 0 Å². The highest BCUT2D eigenvalue weighted by atomic mass is 15.2. The Bertz CT molecular complexity index is 3130. The molecular weight excluding hydrogens is 683 g/mol. The number of hydrogen-bond acceptors (Lipinski definition) is 3. The van der Waals surface area contributed by atoms with E-state index in [0.29, 0.717) is 17.6 Å². The lowest BCUT2D eigenvalue weighted by atomic mass is 10.0. The first-order valence-electron chi connectivity index (χ1n) is 18.9. The fourth-order valence-corrected chi connectivity index (χ4v) is 8.23. The van der Waals surface area contributed by atoms with Crippen LogP contribution in [0.1, 0.15) is 0 Å². The molecule has 0 aliphatic rings. The van der Waals surface area contributed by atoms with E-state index >= 15 is 0 Å². The third-order valence-electron chi connectivity index (χ3n) is 10.8. The van der Waals surface area contributed by atoms with Crippen molar-refractivity contribution in [3.05, 3.63) is 200 Å². The molecule has 5 heteroatoms. The van der Waals surface area contributed by atoms with Gasteiger partial charge in [-0.2, -0.15) is 9.97 Å². The summed E-state index contributed by atoms with van der Waals surface area (Å²) >= 11 is 0. The molecule has 0 unspecified atom stereocenters. The monoisotopic (exact) mass is 715 g/mol. The van der Waals surface area contributed by atoms with Crippen LogP contribution in [0.3, 0.4) is 0 Å². The molecule has 5 nitrogen and oxygen atoms in total. The van der Waals surface area contributed by atoms with Crippen LogP contribution in [0.25, 0.3) is 100 Å². The lowest BCUT2D eigenvalue weighted by Gasteiger charge is -2.12. The van der Waals surface area contributed by atoms with Crippen LogP contribution in [0.4, 0.5) is 0 Å². The second kappa shape index (κ2) is 13.0. The molecule has 0 aliphatic heterocycles. The molecule has 0 saturated heterocycles. The van der Waals surface area contributed by atoms with Crippen molar-refractivity contribution in [1.82, 2.24) is 24.1 Å². The molecule has 0 fully saturated rings. The van der Waals surface area contributed by atoms with Gasteiger partial charge < -0.3 is 4.57 Å². The maximum atomic E-state index is 5.32. The maximum Gasteiger partial charge on any atom is 0.238 e. The average Bonchev–Trinajstić information content (AvgIpc) is 3.80. The maximum absolute atomic E-state index is 5.32. The zero-order chi connectivity index (χ0) is 37.0. The first kappa shape index (κ1) is 31.9. The molecule has 0 N–H and O–H groups in total. The smallest absolute Gasteiger partial charge is 0.238 e. The van der Waals surface area contributed by atoms with E-state index in [-0.39, 0.29) is 0 Å². The van der Waals surface area contributed by atoms with Crippen LogP contribution >= 0.6 is 0 Å². The van der Waals surface area contributed by atoms with Gasteiger partial charge in [0.25, 0.3) is 0 Å². The second-order valence-electron chi connectivity index (χ2n) is 14.1. The third-order valence-corrected chi connectivity index (χ3v) is 10.8. The quantitative estimate of drug-likeness (QED) is 0.172. The SMILES string of the molecule is c1ccc(-c2cccc(-c3nc(-c4cccc(-c5ccccc5)c4)nc(-n4c5ccccc5c5c4ccc4c6ccccc6n(-c6ccccc6)c45)n3)c2)cc1. The summed E-state index contributed by atoms with van der Waals surface area (Å²) in [7, 11) is 0. The Morgan fingerprint density at radius 1 is 0.304 bits per heavy atom. The number of fused-ring (bicyclic) bond motifs is 7. The predicted molar refractivity (Wildman–Crippen MR) is 230 cm³/mol. The highest BCUT2D eigenvalue weighted by Crippen LogP contribution is 2.42. The van der Waals surface area contributed by atoms with Gasteiger partial charge in [-0.05, 0) is 64.7 Å². The van der Waals surface area contributed by atoms with Crippen molar-refractivity contribution in [3.8, 4) is 56.7 Å². The zero-order valence-corrected chi connectivity index (χ0v) is 30.3. The Hall–Kier alpha value is -7.63. The number of benzene rings is 8. The van der Waals surface area contributed by atoms with Gasteiger partial charge in [-0.3, -0.25) is 4.57 Å². The minimum absolute atomic E-state index is 0.563. The first-order valence-corrected chi connectivity index (χ1v) is 18.9. The van der Waals surface area contributed by atoms with E-state index in [2.05, 4.69) is 197 Å². The Balaban J connectivity index is 1.21. The number of aromatic nitrogens is 5. The van der Waals surface area contributed by atoms with Gasteiger partial charge in [-0.1, -0.05) is 158 Å². The van der Waals surface area contributed by atoms with Gasteiger partial charge in [0.15, 0.2) is 11.6 Å². The molecule has 0 amide bonds. The van der Waals surface area contributed by atoms with E-state index in [1.165, 1.54) is 16.3 Å². The molecule has 0 radical (unpaired) electrons. The van der Waals surface area contributed by atoms with Gasteiger partial charge in [0.05, 0.1) is 22.1 Å². The topological polar surface area (TPSA) is 48.5 Å². The van der Waals surface area contributed by atoms with E-state index in [0.717, 1.165) is 66.4 Å². The summed E-state index contributed by atoms with van der Waals surface area (Å²) in [6, 6.07) is 70.2. The predicted octanol–water partition coefficient (Wildman–Crippen LogP) is 12.7. The number of nitrogens with zero attached hydrogens (tertiary/aromatic N) is 5. The molecule has 0 bridgehead atoms. The summed E-state index contributed by atoms with van der Waals surface area (Å²) in [6.07, 6.45) is 0. The highest BCUT2D eigenvalue weighted by Gasteiger charge is 2.23. The molecule has 0 atom stereocenters. The Labute approximate surface area is 323 Å². The molecule has 0 aliphatic carbocycles. The van der Waals surface area contributed by atoms with Gasteiger partial charge in [-0.25, -0.2) is 4.98 Å². The van der Waals surface area contributed by atoms with Crippen LogP contribution in [0.5, 0.6) is 0 Å². The van der Waals surface area contributed by atoms with E-state index in [1.54, 1.807) is 0 Å². The van der Waals surface area contributed by atoms with E-state index < -0.39 is 0 Å². The van der Waals surface area contributed by atoms with Gasteiger partial charge in [-0.15, -0.1) is 0 Å². The average molecular weight is 716 g/mol. The Morgan fingerprint density at radius 2 is 0.786 bits per heavy atom. The summed E-state index contributed by atoms with van der Waals surface area (Å²) in [4.78, 5) is 15.9. The minimum atomic E-state index is 0.563. The summed E-state index contributed by atoms with van der Waals surface area (Å²) in [5.41, 5.74) is 11.8. The van der Waals surface area contributed by atoms with E-state index in [4.69, 9.17) is 15.0 Å². The molecule has 262 valence electrons. The lowest BCUT2D eigenvalue weighted by molar-refractivity contribution is 0.953. The second-order valence-corrected chi connectivity index (χ2v) is 14.1. The fraction of sp³-hybridized carbons (Fsp3) is 0. The highest BCUT2D eigenvalue weighted by molar-refractivity contribution is 6.26. The third kappa shape index (κ3) is 5.21. The standard InChI is InChI=1S/C51H33N5/c1-4-16-34(17-5-1)36-20-14-22-38(32-36)49-52-50(39-23-15-21-37(33-39)35-18-6-2-7-19-35)54-51(53-49)56-45-29-13-11-27-43(45)47-46(56)31-30-42-41-26-10-12-28-44(41)55(48(42)47)40-24-8-3-9-25-40/h1-33H. The fourth-order valence-electron chi connectivity index (χ4n) is 8.23. The molecule has 0 spiro atoms. The molecular formula is C51H33N5. The lowest BCUT2D eigenvalue weighted by Crippen LogP contribution is -2.06. The van der Waals surface area contributed by atoms with Gasteiger partial charge in [0, 0.05) is 38.4 Å². The summed E-state index contributed by atoms with van der Waals surface area (Å²) < 4.78 is 4.62. The molecule has 56 heavy (non-hydrogen) atoms. The summed E-state index contributed by atoms with van der Waals surface area (Å²) in [6.45, 7) is 0. The number of rotatable bonds is 6. The molecule has 3 aromatic heterocycles. The normalized spacial score (nSPS) is 11.6. The first-order chi connectivity index (χ1) is 27.8. The van der Waals surface area contributed by atoms with Gasteiger partial charge in [0.2, 0.25) is 5.95 Å². The van der Waals surface area contributed by atoms with Crippen LogP contribution in [-0.4, -0.2) is 24.1 Å². The zero-order valence-electron chi connectivity index (χ0n) is 30.3. The van der Waals surface area contributed by atoms with Crippen molar-refractivity contribution in [3.63, 3.8) is 0 Å². The van der Waals surface area contributed by atoms with Crippen LogP contribution in [0.15, 0.2) is 200 Å². The Kier molecular flexibility index (Phi) is 7.42. The number of para-hydroxylation sites is 3. The van der Waals surface area contributed by atoms with Crippen LogP contribution in [0.2, 0.25) is 0 Å². The van der Waals surface area contributed by atoms with Crippen LogP contribution in [-0.2, 0) is 0 Å². The van der Waals surface area contributed by atoms with E-state index in [1.807, 2.05) is 12.1 Å². The van der Waals surface area contributed by atoms with Gasteiger partial charge in [0.1, 0.15) is 0 Å². The van der Waals surface area contributed by atoms with Crippen molar-refractivity contribution in [1.29, 1.82) is 0 Å². The van der Waals surface area contributed by atoms with Crippen molar-refractivity contribution in [2.45, 2.75) is 0 Å². The summed E-state index contributed by atoms with van der Waals surface area (Å²) in [5.74, 6) is 1.78. The van der Waals surface area contributed by atoms with Crippen molar-refractivity contribution in [2.75, 3.05) is 0 Å². The Morgan fingerprint density at radius 3 is 1.39 bits per heavy atom. The van der Waals surface area contributed by atoms with Gasteiger partial charge >= 0.3 is 0 Å².